The number of anilines is 1. The van der Waals surface area contributed by atoms with Crippen molar-refractivity contribution in [3.8, 4) is 6.07 Å². The lowest BCUT2D eigenvalue weighted by Crippen LogP contribution is -2.06. The predicted octanol–water partition coefficient (Wildman–Crippen LogP) is 2.58. The normalized spacial score (nSPS) is 10.4. The van der Waals surface area contributed by atoms with Crippen molar-refractivity contribution in [3.63, 3.8) is 0 Å². The zero-order valence-electron chi connectivity index (χ0n) is 10.6. The number of nitrogens with zero attached hydrogens (tertiary/aromatic N) is 2. The molecule has 3 N–H and O–H groups in total. The van der Waals surface area contributed by atoms with Gasteiger partial charge in [-0.05, 0) is 16.3 Å². The summed E-state index contributed by atoms with van der Waals surface area (Å²) in [5.41, 5.74) is 3.60. The number of nitrogens with one attached hydrogen (secondary N) is 1. The third-order valence-electron chi connectivity index (χ3n) is 3.13. The average molecular weight is 264 g/mol. The van der Waals surface area contributed by atoms with Gasteiger partial charge in [-0.1, -0.05) is 42.5 Å². The second kappa shape index (κ2) is 5.03. The number of aromatic nitrogens is 1. The Morgan fingerprint density at radius 2 is 2.00 bits per heavy atom. The van der Waals surface area contributed by atoms with Crippen molar-refractivity contribution in [2.45, 2.75) is 6.42 Å². The highest BCUT2D eigenvalue weighted by Crippen LogP contribution is 2.23. The van der Waals surface area contributed by atoms with E-state index in [0.717, 1.165) is 16.3 Å². The molecule has 0 radical (unpaired) electrons. The van der Waals surface area contributed by atoms with Gasteiger partial charge in [0.1, 0.15) is 6.07 Å². The first-order chi connectivity index (χ1) is 9.81. The second-order valence-electron chi connectivity index (χ2n) is 4.36. The maximum absolute atomic E-state index is 8.93. The highest BCUT2D eigenvalue weighted by Gasteiger charge is 2.13. The summed E-state index contributed by atoms with van der Waals surface area (Å²) in [6.07, 6.45) is 0.512. The molecule has 0 amide bonds. The Morgan fingerprint density at radius 3 is 2.75 bits per heavy atom. The van der Waals surface area contributed by atoms with Gasteiger partial charge in [0.15, 0.2) is 0 Å². The van der Waals surface area contributed by atoms with E-state index < -0.39 is 0 Å². The van der Waals surface area contributed by atoms with E-state index in [2.05, 4.69) is 28.6 Å². The maximum Gasteiger partial charge on any atom is 0.246 e. The van der Waals surface area contributed by atoms with Crippen LogP contribution in [-0.2, 0) is 6.42 Å². The third kappa shape index (κ3) is 2.09. The molecule has 1 aromatic heterocycles. The molecule has 5 heteroatoms. The number of rotatable bonds is 3. The Balaban J connectivity index is 2.01. The summed E-state index contributed by atoms with van der Waals surface area (Å²) >= 11 is 0. The molecule has 0 bridgehead atoms. The summed E-state index contributed by atoms with van der Waals surface area (Å²) in [6.45, 7) is 0. The van der Waals surface area contributed by atoms with Crippen LogP contribution in [0.2, 0.25) is 0 Å². The molecular formula is C15H12N4O. The maximum atomic E-state index is 8.93. The third-order valence-corrected chi connectivity index (χ3v) is 3.13. The molecule has 0 aliphatic heterocycles. The van der Waals surface area contributed by atoms with E-state index in [1.165, 1.54) is 0 Å². The summed E-state index contributed by atoms with van der Waals surface area (Å²) in [6, 6.07) is 16.1. The van der Waals surface area contributed by atoms with Crippen LogP contribution < -0.4 is 11.3 Å². The van der Waals surface area contributed by atoms with Gasteiger partial charge in [0.2, 0.25) is 17.5 Å². The Kier molecular flexibility index (Phi) is 3.07. The molecular weight excluding hydrogens is 252 g/mol. The monoisotopic (exact) mass is 264 g/mol. The lowest BCUT2D eigenvalue weighted by Gasteiger charge is -2.03. The molecule has 98 valence electrons. The van der Waals surface area contributed by atoms with Crippen LogP contribution in [0.25, 0.3) is 10.8 Å². The molecule has 2 aromatic carbocycles. The number of hydrogen-bond donors (Lipinski definition) is 2. The molecule has 0 aliphatic rings. The van der Waals surface area contributed by atoms with Crippen LogP contribution in [-0.4, -0.2) is 4.98 Å². The lowest BCUT2D eigenvalue weighted by molar-refractivity contribution is 0.519. The number of benzene rings is 2. The van der Waals surface area contributed by atoms with Gasteiger partial charge in [-0.15, -0.1) is 0 Å². The van der Waals surface area contributed by atoms with E-state index in [0.29, 0.717) is 12.3 Å². The van der Waals surface area contributed by atoms with Crippen LogP contribution in [0.4, 0.5) is 5.88 Å². The molecule has 0 saturated carbocycles. The first-order valence-electron chi connectivity index (χ1n) is 6.15. The largest absolute Gasteiger partial charge is 0.422 e. The molecule has 0 aliphatic carbocycles. The molecule has 5 nitrogen and oxygen atoms in total. The smallest absolute Gasteiger partial charge is 0.246 e. The highest BCUT2D eigenvalue weighted by molar-refractivity contribution is 5.85. The van der Waals surface area contributed by atoms with Crippen molar-refractivity contribution in [2.75, 3.05) is 5.43 Å². The molecule has 0 atom stereocenters. The minimum Gasteiger partial charge on any atom is -0.422 e. The van der Waals surface area contributed by atoms with Gasteiger partial charge in [-0.25, -0.2) is 10.8 Å². The average Bonchev–Trinajstić information content (AvgIpc) is 2.90. The number of hydrazine groups is 1. The number of fused-ring (bicyclic) bond motifs is 1. The van der Waals surface area contributed by atoms with Crippen LogP contribution in [0.15, 0.2) is 46.9 Å². The van der Waals surface area contributed by atoms with E-state index in [1.807, 2.05) is 30.3 Å². The lowest BCUT2D eigenvalue weighted by atomic mass is 10.0. The SMILES string of the molecule is N#Cc1nc(Cc2cccc3ccccc23)oc1NN. The van der Waals surface area contributed by atoms with Crippen molar-refractivity contribution in [2.24, 2.45) is 5.84 Å². The van der Waals surface area contributed by atoms with E-state index >= 15 is 0 Å². The van der Waals surface area contributed by atoms with Gasteiger partial charge >= 0.3 is 0 Å². The van der Waals surface area contributed by atoms with Crippen LogP contribution in [0.1, 0.15) is 17.1 Å². The zero-order chi connectivity index (χ0) is 13.9. The fourth-order valence-corrected chi connectivity index (χ4v) is 2.22. The van der Waals surface area contributed by atoms with E-state index in [9.17, 15) is 0 Å². The van der Waals surface area contributed by atoms with Crippen LogP contribution in [0, 0.1) is 11.3 Å². The number of nitrogen functional groups attached to an aromatic ring is 1. The zero-order valence-corrected chi connectivity index (χ0v) is 10.6. The van der Waals surface area contributed by atoms with E-state index in [4.69, 9.17) is 15.5 Å². The van der Waals surface area contributed by atoms with Gasteiger partial charge in [0, 0.05) is 0 Å². The molecule has 1 heterocycles. The molecule has 0 spiro atoms. The van der Waals surface area contributed by atoms with Crippen molar-refractivity contribution in [3.05, 3.63) is 59.6 Å². The van der Waals surface area contributed by atoms with Crippen molar-refractivity contribution in [1.29, 1.82) is 5.26 Å². The van der Waals surface area contributed by atoms with Gasteiger partial charge in [-0.2, -0.15) is 5.26 Å². The summed E-state index contributed by atoms with van der Waals surface area (Å²) < 4.78 is 5.44. The molecule has 0 unspecified atom stereocenters. The van der Waals surface area contributed by atoms with Gasteiger partial charge in [0.05, 0.1) is 6.42 Å². The van der Waals surface area contributed by atoms with E-state index in [-0.39, 0.29) is 11.6 Å². The fraction of sp³-hybridized carbons (Fsp3) is 0.0667. The Labute approximate surface area is 115 Å². The second-order valence-corrected chi connectivity index (χ2v) is 4.36. The minimum atomic E-state index is 0.169. The Morgan fingerprint density at radius 1 is 1.20 bits per heavy atom. The summed E-state index contributed by atoms with van der Waals surface area (Å²) in [5.74, 6) is 5.95. The standard InChI is InChI=1S/C15H12N4O/c16-9-13-15(19-17)20-14(18-13)8-11-6-3-5-10-4-1-2-7-12(10)11/h1-7,19H,8,17H2. The molecule has 0 saturated heterocycles. The van der Waals surface area contributed by atoms with Crippen LogP contribution in [0.5, 0.6) is 0 Å². The quantitative estimate of drug-likeness (QED) is 0.560. The molecule has 3 rings (SSSR count). The first kappa shape index (κ1) is 12.2. The van der Waals surface area contributed by atoms with Crippen molar-refractivity contribution in [1.82, 2.24) is 4.98 Å². The summed E-state index contributed by atoms with van der Waals surface area (Å²) in [4.78, 5) is 4.13. The van der Waals surface area contributed by atoms with Gasteiger partial charge in [-0.3, -0.25) is 5.43 Å². The first-order valence-corrected chi connectivity index (χ1v) is 6.15. The highest BCUT2D eigenvalue weighted by atomic mass is 16.4. The molecule has 0 fully saturated rings. The molecule has 20 heavy (non-hydrogen) atoms. The number of oxazole rings is 1. The predicted molar refractivity (Wildman–Crippen MR) is 75.8 cm³/mol. The van der Waals surface area contributed by atoms with E-state index in [1.54, 1.807) is 0 Å². The van der Waals surface area contributed by atoms with Gasteiger partial charge in [0.25, 0.3) is 0 Å². The molecule has 3 aromatic rings. The Bertz CT molecular complexity index is 796. The van der Waals surface area contributed by atoms with Crippen LogP contribution >= 0.6 is 0 Å². The Hall–Kier alpha value is -2.84. The number of hydrogen-bond acceptors (Lipinski definition) is 5. The topological polar surface area (TPSA) is 87.9 Å². The minimum absolute atomic E-state index is 0.169. The summed E-state index contributed by atoms with van der Waals surface area (Å²) in [5, 5.41) is 11.2. The van der Waals surface area contributed by atoms with Crippen molar-refractivity contribution >= 4 is 16.7 Å². The van der Waals surface area contributed by atoms with Gasteiger partial charge < -0.3 is 4.42 Å². The number of nitrogens with two attached hydrogens (primary N) is 1. The summed E-state index contributed by atoms with van der Waals surface area (Å²) in [7, 11) is 0. The fourth-order valence-electron chi connectivity index (χ4n) is 2.22. The van der Waals surface area contributed by atoms with Crippen LogP contribution in [0.3, 0.4) is 0 Å². The number of nitriles is 1. The van der Waals surface area contributed by atoms with Crippen molar-refractivity contribution < 1.29 is 4.42 Å².